The fraction of sp³-hybridized carbons (Fsp3) is 0.312. The molecule has 0 spiro atoms. The number of carbonyl (C=O) groups is 1. The van der Waals surface area contributed by atoms with E-state index >= 15 is 0 Å². The van der Waals surface area contributed by atoms with Crippen molar-refractivity contribution >= 4 is 29.5 Å². The van der Waals surface area contributed by atoms with Crippen LogP contribution in [-0.2, 0) is 9.53 Å². The summed E-state index contributed by atoms with van der Waals surface area (Å²) >= 11 is 6.56. The number of nitrogens with zero attached hydrogens (tertiary/aromatic N) is 1. The molecular weight excluding hydrogens is 530 g/mol. The highest BCUT2D eigenvalue weighted by Gasteiger charge is 2.24. The summed E-state index contributed by atoms with van der Waals surface area (Å²) in [6.45, 7) is 5.77. The molecule has 210 valence electrons. The van der Waals surface area contributed by atoms with Crippen LogP contribution in [0.3, 0.4) is 0 Å². The molecule has 1 heterocycles. The van der Waals surface area contributed by atoms with Gasteiger partial charge >= 0.3 is 5.97 Å². The van der Waals surface area contributed by atoms with E-state index in [9.17, 15) is 4.79 Å². The predicted molar refractivity (Wildman–Crippen MR) is 157 cm³/mol. The summed E-state index contributed by atoms with van der Waals surface area (Å²) in [6, 6.07) is 20.3. The lowest BCUT2D eigenvalue weighted by Gasteiger charge is -2.15. The van der Waals surface area contributed by atoms with Gasteiger partial charge in [0.05, 0.1) is 18.2 Å². The average Bonchev–Trinajstić information content (AvgIpc) is 3.33. The molecule has 40 heavy (non-hydrogen) atoms. The van der Waals surface area contributed by atoms with Crippen LogP contribution in [0.2, 0.25) is 5.02 Å². The van der Waals surface area contributed by atoms with Crippen molar-refractivity contribution in [3.63, 3.8) is 0 Å². The molecule has 3 aromatic rings. The van der Waals surface area contributed by atoms with Gasteiger partial charge in [-0.15, -0.1) is 0 Å². The van der Waals surface area contributed by atoms with Gasteiger partial charge in [0, 0.05) is 5.56 Å². The number of ether oxygens (including phenoxy) is 5. The van der Waals surface area contributed by atoms with Gasteiger partial charge in [-0.05, 0) is 73.5 Å². The van der Waals surface area contributed by atoms with E-state index in [1.165, 1.54) is 19.3 Å². The van der Waals surface area contributed by atoms with E-state index in [0.717, 1.165) is 30.1 Å². The van der Waals surface area contributed by atoms with Crippen molar-refractivity contribution in [2.45, 2.75) is 39.5 Å². The largest absolute Gasteiger partial charge is 0.494 e. The number of aliphatic imine (C=N–C) groups is 1. The van der Waals surface area contributed by atoms with Crippen molar-refractivity contribution in [2.24, 2.45) is 4.99 Å². The van der Waals surface area contributed by atoms with Crippen LogP contribution in [0.25, 0.3) is 6.08 Å². The minimum atomic E-state index is -0.531. The second-order valence-electron chi connectivity index (χ2n) is 9.04. The molecule has 7 nitrogen and oxygen atoms in total. The molecule has 0 aliphatic carbocycles. The van der Waals surface area contributed by atoms with Crippen LogP contribution >= 0.6 is 11.6 Å². The van der Waals surface area contributed by atoms with Gasteiger partial charge in [0.15, 0.2) is 17.2 Å². The second-order valence-corrected chi connectivity index (χ2v) is 9.45. The Morgan fingerprint density at radius 1 is 0.825 bits per heavy atom. The highest BCUT2D eigenvalue weighted by atomic mass is 35.5. The van der Waals surface area contributed by atoms with Gasteiger partial charge in [-0.2, -0.15) is 0 Å². The van der Waals surface area contributed by atoms with Gasteiger partial charge < -0.3 is 23.7 Å². The molecule has 3 aromatic carbocycles. The smallest absolute Gasteiger partial charge is 0.363 e. The summed E-state index contributed by atoms with van der Waals surface area (Å²) in [5.41, 5.74) is 1.53. The molecule has 0 N–H and O–H groups in total. The maximum absolute atomic E-state index is 12.4. The highest BCUT2D eigenvalue weighted by Crippen LogP contribution is 2.37. The summed E-state index contributed by atoms with van der Waals surface area (Å²) in [5.74, 6) is 2.15. The molecule has 0 saturated carbocycles. The molecule has 0 radical (unpaired) electrons. The van der Waals surface area contributed by atoms with E-state index in [4.69, 9.17) is 35.3 Å². The molecule has 0 saturated heterocycles. The normalized spacial score (nSPS) is 13.6. The van der Waals surface area contributed by atoms with Crippen molar-refractivity contribution in [3.05, 3.63) is 88.6 Å². The van der Waals surface area contributed by atoms with Crippen molar-refractivity contribution in [3.8, 4) is 23.0 Å². The standard InChI is InChI=1S/C32H34ClNO6/c1-3-5-6-10-17-37-25-13-15-26(16-14-25)38-18-19-39-30-27(33)20-23(22-29(30)36-4-2)21-28-32(35)40-31(34-28)24-11-8-7-9-12-24/h7-9,11-16,20-22H,3-6,10,17-19H2,1-2H3/b28-21-. The van der Waals surface area contributed by atoms with Crippen molar-refractivity contribution < 1.29 is 28.5 Å². The first-order chi connectivity index (χ1) is 19.6. The molecular formula is C32H34ClNO6. The SMILES string of the molecule is CCCCCCOc1ccc(OCCOc2c(Cl)cc(/C=C3\N=C(c4ccccc4)OC3=O)cc2OCC)cc1. The Balaban J connectivity index is 1.34. The monoisotopic (exact) mass is 563 g/mol. The Bertz CT molecular complexity index is 1320. The van der Waals surface area contributed by atoms with Gasteiger partial charge in [-0.1, -0.05) is 56.0 Å². The summed E-state index contributed by atoms with van der Waals surface area (Å²) < 4.78 is 28.6. The minimum Gasteiger partial charge on any atom is -0.494 e. The van der Waals surface area contributed by atoms with E-state index in [0.29, 0.717) is 35.3 Å². The maximum Gasteiger partial charge on any atom is 0.363 e. The number of cyclic esters (lactones) is 1. The maximum atomic E-state index is 12.4. The fourth-order valence-electron chi connectivity index (χ4n) is 4.00. The number of esters is 1. The molecule has 0 fully saturated rings. The third-order valence-corrected chi connectivity index (χ3v) is 6.25. The zero-order valence-corrected chi connectivity index (χ0v) is 23.6. The van der Waals surface area contributed by atoms with Gasteiger partial charge in [0.1, 0.15) is 24.7 Å². The summed E-state index contributed by atoms with van der Waals surface area (Å²) in [6.07, 6.45) is 6.30. The lowest BCUT2D eigenvalue weighted by Crippen LogP contribution is -2.10. The van der Waals surface area contributed by atoms with E-state index in [-0.39, 0.29) is 18.2 Å². The Labute approximate surface area is 240 Å². The fourth-order valence-corrected chi connectivity index (χ4v) is 4.27. The van der Waals surface area contributed by atoms with Crippen molar-refractivity contribution in [1.29, 1.82) is 0 Å². The number of hydrogen-bond donors (Lipinski definition) is 0. The second kappa shape index (κ2) is 15.0. The third-order valence-electron chi connectivity index (χ3n) is 5.97. The molecule has 1 aliphatic rings. The van der Waals surface area contributed by atoms with E-state index < -0.39 is 5.97 Å². The molecule has 0 bridgehead atoms. The Morgan fingerprint density at radius 2 is 1.52 bits per heavy atom. The lowest BCUT2D eigenvalue weighted by atomic mass is 10.1. The summed E-state index contributed by atoms with van der Waals surface area (Å²) in [5, 5.41) is 0.344. The quantitative estimate of drug-likeness (QED) is 0.108. The van der Waals surface area contributed by atoms with E-state index in [1.54, 1.807) is 18.2 Å². The van der Waals surface area contributed by atoms with Crippen LogP contribution < -0.4 is 18.9 Å². The van der Waals surface area contributed by atoms with Crippen LogP contribution in [0.5, 0.6) is 23.0 Å². The Morgan fingerprint density at radius 3 is 2.23 bits per heavy atom. The first kappa shape index (κ1) is 29.0. The summed E-state index contributed by atoms with van der Waals surface area (Å²) in [7, 11) is 0. The zero-order valence-electron chi connectivity index (χ0n) is 22.9. The average molecular weight is 564 g/mol. The number of benzene rings is 3. The molecule has 0 atom stereocenters. The predicted octanol–water partition coefficient (Wildman–Crippen LogP) is 7.50. The first-order valence-corrected chi connectivity index (χ1v) is 14.0. The molecule has 4 rings (SSSR count). The van der Waals surface area contributed by atoms with Gasteiger partial charge in [0.2, 0.25) is 5.90 Å². The summed E-state index contributed by atoms with van der Waals surface area (Å²) in [4.78, 5) is 16.7. The van der Waals surface area contributed by atoms with Crippen LogP contribution in [0.1, 0.15) is 50.7 Å². The Kier molecular flexibility index (Phi) is 10.9. The van der Waals surface area contributed by atoms with Gasteiger partial charge in [-0.3, -0.25) is 0 Å². The third kappa shape index (κ3) is 8.26. The van der Waals surface area contributed by atoms with Gasteiger partial charge in [-0.25, -0.2) is 9.79 Å². The van der Waals surface area contributed by atoms with Crippen LogP contribution in [0.15, 0.2) is 77.4 Å². The first-order valence-electron chi connectivity index (χ1n) is 13.6. The van der Waals surface area contributed by atoms with Crippen LogP contribution in [0.4, 0.5) is 0 Å². The van der Waals surface area contributed by atoms with Crippen molar-refractivity contribution in [2.75, 3.05) is 26.4 Å². The molecule has 0 unspecified atom stereocenters. The molecule has 0 aromatic heterocycles. The molecule has 8 heteroatoms. The topological polar surface area (TPSA) is 75.6 Å². The highest BCUT2D eigenvalue weighted by molar-refractivity contribution is 6.32. The van der Waals surface area contributed by atoms with Crippen LogP contribution in [0, 0.1) is 0 Å². The number of carbonyl (C=O) groups excluding carboxylic acids is 1. The van der Waals surface area contributed by atoms with Gasteiger partial charge in [0.25, 0.3) is 0 Å². The van der Waals surface area contributed by atoms with Crippen molar-refractivity contribution in [1.82, 2.24) is 0 Å². The number of rotatable bonds is 15. The zero-order chi connectivity index (χ0) is 28.2. The number of hydrogen-bond acceptors (Lipinski definition) is 7. The minimum absolute atomic E-state index is 0.173. The molecule has 0 amide bonds. The number of unbranched alkanes of at least 4 members (excludes halogenated alkanes) is 3. The van der Waals surface area contributed by atoms with Crippen LogP contribution in [-0.4, -0.2) is 38.3 Å². The number of halogens is 1. The lowest BCUT2D eigenvalue weighted by molar-refractivity contribution is -0.129. The van der Waals surface area contributed by atoms with E-state index in [1.807, 2.05) is 61.5 Å². The Hall–Kier alpha value is -3.97. The van der Waals surface area contributed by atoms with E-state index in [2.05, 4.69) is 11.9 Å². The molecule has 1 aliphatic heterocycles.